The first-order valence-electron chi connectivity index (χ1n) is 14.3. The van der Waals surface area contributed by atoms with Gasteiger partial charge in [-0.05, 0) is 55.3 Å². The highest BCUT2D eigenvalue weighted by Gasteiger charge is 2.49. The molecule has 9 nitrogen and oxygen atoms in total. The number of ether oxygens (including phenoxy) is 1. The van der Waals surface area contributed by atoms with Gasteiger partial charge in [-0.1, -0.05) is 13.0 Å². The first-order valence-corrected chi connectivity index (χ1v) is 14.3. The summed E-state index contributed by atoms with van der Waals surface area (Å²) in [5, 5.41) is 24.3. The summed E-state index contributed by atoms with van der Waals surface area (Å²) in [6.45, 7) is 4.59. The van der Waals surface area contributed by atoms with Gasteiger partial charge in [0.15, 0.2) is 0 Å². The van der Waals surface area contributed by atoms with E-state index in [9.17, 15) is 18.7 Å². The molecule has 218 valence electrons. The maximum atomic E-state index is 14.8. The summed E-state index contributed by atoms with van der Waals surface area (Å²) >= 11 is 0. The Balaban J connectivity index is 1.33. The number of carboxylic acid groups (broad SMARTS) is 1. The topological polar surface area (TPSA) is 111 Å². The number of carboxylic acids is 1. The Bertz CT molecular complexity index is 1490. The Morgan fingerprint density at radius 2 is 2.12 bits per heavy atom. The SMILES string of the molecule is CCc1c(F)ccc2cc(O)cc(N3CCc4c(nc(OC[C@@]56CCCN5C[C@H](F)C6)nc4NCCC(=O)O)C3)c12. The van der Waals surface area contributed by atoms with E-state index in [0.717, 1.165) is 41.4 Å². The fraction of sp³-hybridized carbons (Fsp3) is 0.500. The van der Waals surface area contributed by atoms with Crippen molar-refractivity contribution in [2.75, 3.05) is 43.0 Å². The zero-order valence-corrected chi connectivity index (χ0v) is 23.1. The summed E-state index contributed by atoms with van der Waals surface area (Å²) in [5.41, 5.74) is 2.54. The Hall–Kier alpha value is -3.73. The van der Waals surface area contributed by atoms with Crippen molar-refractivity contribution >= 4 is 28.2 Å². The van der Waals surface area contributed by atoms with Gasteiger partial charge in [0.1, 0.15) is 30.2 Å². The maximum absolute atomic E-state index is 14.8. The number of nitrogens with zero attached hydrogens (tertiary/aromatic N) is 4. The van der Waals surface area contributed by atoms with Gasteiger partial charge in [-0.3, -0.25) is 9.69 Å². The van der Waals surface area contributed by atoms with E-state index in [2.05, 4.69) is 20.1 Å². The smallest absolute Gasteiger partial charge is 0.318 e. The third-order valence-electron chi connectivity index (χ3n) is 8.73. The van der Waals surface area contributed by atoms with Crippen LogP contribution in [0.1, 0.15) is 49.4 Å². The maximum Gasteiger partial charge on any atom is 0.318 e. The number of aromatic hydroxyl groups is 1. The van der Waals surface area contributed by atoms with E-state index in [0.29, 0.717) is 56.0 Å². The second-order valence-corrected chi connectivity index (χ2v) is 11.3. The van der Waals surface area contributed by atoms with Crippen molar-refractivity contribution in [1.29, 1.82) is 0 Å². The molecule has 41 heavy (non-hydrogen) atoms. The van der Waals surface area contributed by atoms with Crippen molar-refractivity contribution in [3.63, 3.8) is 0 Å². The Morgan fingerprint density at radius 3 is 2.93 bits per heavy atom. The van der Waals surface area contributed by atoms with Gasteiger partial charge in [-0.25, -0.2) is 8.78 Å². The number of hydrogen-bond donors (Lipinski definition) is 3. The molecule has 3 aromatic rings. The first kappa shape index (κ1) is 27.4. The highest BCUT2D eigenvalue weighted by atomic mass is 19.1. The number of hydrogen-bond acceptors (Lipinski definition) is 8. The van der Waals surface area contributed by atoms with Crippen LogP contribution in [0.25, 0.3) is 10.8 Å². The molecule has 1 aromatic heterocycles. The summed E-state index contributed by atoms with van der Waals surface area (Å²) in [4.78, 5) is 24.8. The van der Waals surface area contributed by atoms with E-state index in [1.807, 2.05) is 6.92 Å². The number of phenols is 1. The minimum absolute atomic E-state index is 0.0717. The molecule has 2 saturated heterocycles. The van der Waals surface area contributed by atoms with Crippen LogP contribution in [0.5, 0.6) is 11.8 Å². The molecule has 0 unspecified atom stereocenters. The molecule has 2 aromatic carbocycles. The molecule has 0 saturated carbocycles. The third kappa shape index (κ3) is 5.23. The van der Waals surface area contributed by atoms with Crippen LogP contribution in [0.15, 0.2) is 24.3 Å². The second kappa shape index (κ2) is 10.9. The lowest BCUT2D eigenvalue weighted by molar-refractivity contribution is -0.136. The zero-order chi connectivity index (χ0) is 28.7. The first-order chi connectivity index (χ1) is 19.8. The zero-order valence-electron chi connectivity index (χ0n) is 23.1. The highest BCUT2D eigenvalue weighted by Crippen LogP contribution is 2.41. The summed E-state index contributed by atoms with van der Waals surface area (Å²) in [5.74, 6) is -0.574. The monoisotopic (exact) mass is 567 g/mol. The van der Waals surface area contributed by atoms with Crippen LogP contribution in [0.3, 0.4) is 0 Å². The van der Waals surface area contributed by atoms with Crippen molar-refractivity contribution in [2.24, 2.45) is 0 Å². The van der Waals surface area contributed by atoms with Crippen LogP contribution in [-0.2, 0) is 24.2 Å². The number of aromatic nitrogens is 2. The van der Waals surface area contributed by atoms with Crippen molar-refractivity contribution in [1.82, 2.24) is 14.9 Å². The van der Waals surface area contributed by atoms with Crippen LogP contribution < -0.4 is 15.0 Å². The Kier molecular flexibility index (Phi) is 7.31. The van der Waals surface area contributed by atoms with Gasteiger partial charge >= 0.3 is 12.0 Å². The lowest BCUT2D eigenvalue weighted by Gasteiger charge is -2.33. The van der Waals surface area contributed by atoms with Gasteiger partial charge in [-0.15, -0.1) is 0 Å². The highest BCUT2D eigenvalue weighted by molar-refractivity contribution is 5.98. The average Bonchev–Trinajstić information content (AvgIpc) is 3.46. The van der Waals surface area contributed by atoms with Crippen LogP contribution in [0.4, 0.5) is 20.3 Å². The number of halogens is 2. The molecule has 0 spiro atoms. The molecule has 3 aliphatic rings. The van der Waals surface area contributed by atoms with E-state index >= 15 is 0 Å². The number of benzene rings is 2. The van der Waals surface area contributed by atoms with Gasteiger partial charge in [-0.2, -0.15) is 9.97 Å². The predicted molar refractivity (Wildman–Crippen MR) is 151 cm³/mol. The minimum atomic E-state index is -0.916. The average molecular weight is 568 g/mol. The number of carbonyl (C=O) groups is 1. The van der Waals surface area contributed by atoms with E-state index in [4.69, 9.17) is 14.8 Å². The molecule has 6 rings (SSSR count). The molecule has 0 aliphatic carbocycles. The molecule has 2 atom stereocenters. The van der Waals surface area contributed by atoms with E-state index in [1.165, 1.54) is 6.07 Å². The van der Waals surface area contributed by atoms with Crippen LogP contribution in [0, 0.1) is 5.82 Å². The molecule has 11 heteroatoms. The van der Waals surface area contributed by atoms with Gasteiger partial charge in [0.2, 0.25) is 0 Å². The number of alkyl halides is 1. The van der Waals surface area contributed by atoms with E-state index in [1.54, 1.807) is 18.2 Å². The normalized spacial score (nSPS) is 22.1. The number of anilines is 2. The van der Waals surface area contributed by atoms with Gasteiger partial charge in [0.25, 0.3) is 0 Å². The van der Waals surface area contributed by atoms with Gasteiger partial charge in [0, 0.05) is 48.8 Å². The summed E-state index contributed by atoms with van der Waals surface area (Å²) in [6.07, 6.45) is 2.39. The number of fused-ring (bicyclic) bond motifs is 3. The molecule has 2 fully saturated rings. The standard InChI is InChI=1S/C30H35F2N5O4/c1-2-21-23(32)5-4-18-12-20(38)13-25(27(18)21)36-11-7-22-24(16-36)34-29(35-28(22)33-9-6-26(39)40)41-17-30-8-3-10-37(30)15-19(31)14-30/h4-5,12-13,19,38H,2-3,6-11,14-17H2,1H3,(H,39,40)(H,33,34,35)/t19-,30+/m1/s1. The molecule has 4 heterocycles. The van der Waals surface area contributed by atoms with Crippen LogP contribution in [-0.4, -0.2) is 75.5 Å². The van der Waals surface area contributed by atoms with Crippen LogP contribution in [0.2, 0.25) is 0 Å². The summed E-state index contributed by atoms with van der Waals surface area (Å²) in [6, 6.07) is 6.58. The number of rotatable bonds is 9. The van der Waals surface area contributed by atoms with Crippen molar-refractivity contribution in [3.05, 3.63) is 46.9 Å². The number of aryl methyl sites for hydroxylation is 1. The molecule has 3 N–H and O–H groups in total. The Labute approximate surface area is 237 Å². The second-order valence-electron chi connectivity index (χ2n) is 11.3. The largest absolute Gasteiger partial charge is 0.508 e. The summed E-state index contributed by atoms with van der Waals surface area (Å²) in [7, 11) is 0. The number of nitrogens with one attached hydrogen (secondary N) is 1. The third-order valence-corrected chi connectivity index (χ3v) is 8.73. The molecule has 0 radical (unpaired) electrons. The molecule has 0 amide bonds. The fourth-order valence-electron chi connectivity index (χ4n) is 6.83. The molecule has 3 aliphatic heterocycles. The Morgan fingerprint density at radius 1 is 1.27 bits per heavy atom. The minimum Gasteiger partial charge on any atom is -0.508 e. The van der Waals surface area contributed by atoms with Crippen LogP contribution >= 0.6 is 0 Å². The van der Waals surface area contributed by atoms with E-state index < -0.39 is 12.1 Å². The van der Waals surface area contributed by atoms with Crippen molar-refractivity contribution in [2.45, 2.75) is 63.7 Å². The fourth-order valence-corrected chi connectivity index (χ4v) is 6.83. The molecular weight excluding hydrogens is 532 g/mol. The van der Waals surface area contributed by atoms with Gasteiger partial charge < -0.3 is 25.2 Å². The molecule has 0 bridgehead atoms. The van der Waals surface area contributed by atoms with E-state index in [-0.39, 0.29) is 42.7 Å². The predicted octanol–water partition coefficient (Wildman–Crippen LogP) is 4.44. The van der Waals surface area contributed by atoms with Crippen molar-refractivity contribution < 1.29 is 28.5 Å². The quantitative estimate of drug-likeness (QED) is 0.346. The number of aliphatic carboxylic acids is 1. The lowest BCUT2D eigenvalue weighted by atomic mass is 9.95. The van der Waals surface area contributed by atoms with Crippen molar-refractivity contribution in [3.8, 4) is 11.8 Å². The number of phenolic OH excluding ortho intramolecular Hbond substituents is 1. The lowest BCUT2D eigenvalue weighted by Crippen LogP contribution is -2.43. The van der Waals surface area contributed by atoms with Gasteiger partial charge in [0.05, 0.1) is 24.2 Å². The summed E-state index contributed by atoms with van der Waals surface area (Å²) < 4.78 is 35.3. The molecular formula is C30H35F2N5O4.